The van der Waals surface area contributed by atoms with E-state index >= 15 is 0 Å². The first-order valence-electron chi connectivity index (χ1n) is 8.31. The van der Waals surface area contributed by atoms with Crippen molar-refractivity contribution in [3.8, 4) is 0 Å². The molecule has 25 heavy (non-hydrogen) atoms. The fourth-order valence-electron chi connectivity index (χ4n) is 2.83. The summed E-state index contributed by atoms with van der Waals surface area (Å²) in [5.74, 6) is 0.0496. The molecule has 3 rings (SSSR count). The standard InChI is InChI=1S/C18H21N3O4/c1-13-10-16(20-25-13)12-24-17(22)14-6-5-9-21(11-14)18(23)19-15-7-3-2-4-8-15/h2-4,7-8,10,14H,5-6,9,11-12H2,1H3,(H,19,23). The van der Waals surface area contributed by atoms with E-state index in [1.54, 1.807) is 17.9 Å². The van der Waals surface area contributed by atoms with Crippen molar-refractivity contribution in [2.24, 2.45) is 5.92 Å². The van der Waals surface area contributed by atoms with Crippen LogP contribution in [0.2, 0.25) is 0 Å². The predicted molar refractivity (Wildman–Crippen MR) is 90.8 cm³/mol. The Hall–Kier alpha value is -2.83. The smallest absolute Gasteiger partial charge is 0.321 e. The van der Waals surface area contributed by atoms with Crippen LogP contribution in [0.25, 0.3) is 0 Å². The van der Waals surface area contributed by atoms with Crippen LogP contribution in [0.3, 0.4) is 0 Å². The molecule has 2 aromatic rings. The van der Waals surface area contributed by atoms with Gasteiger partial charge in [0.25, 0.3) is 0 Å². The zero-order chi connectivity index (χ0) is 17.6. The molecule has 7 heteroatoms. The lowest BCUT2D eigenvalue weighted by molar-refractivity contribution is -0.151. The van der Waals surface area contributed by atoms with Crippen molar-refractivity contribution in [1.29, 1.82) is 0 Å². The number of hydrogen-bond acceptors (Lipinski definition) is 5. The Morgan fingerprint density at radius 2 is 2.16 bits per heavy atom. The van der Waals surface area contributed by atoms with Crippen molar-refractivity contribution in [3.63, 3.8) is 0 Å². The molecule has 0 bridgehead atoms. The van der Waals surface area contributed by atoms with Crippen LogP contribution in [0.5, 0.6) is 0 Å². The van der Waals surface area contributed by atoms with Gasteiger partial charge in [0.1, 0.15) is 18.1 Å². The summed E-state index contributed by atoms with van der Waals surface area (Å²) in [5, 5.41) is 6.64. The fourth-order valence-corrected chi connectivity index (χ4v) is 2.83. The number of para-hydroxylation sites is 1. The van der Waals surface area contributed by atoms with Crippen LogP contribution >= 0.6 is 0 Å². The summed E-state index contributed by atoms with van der Waals surface area (Å²) in [7, 11) is 0. The molecule has 2 amide bonds. The zero-order valence-electron chi connectivity index (χ0n) is 14.1. The molecule has 1 aliphatic heterocycles. The summed E-state index contributed by atoms with van der Waals surface area (Å²) in [6, 6.07) is 10.8. The van der Waals surface area contributed by atoms with Crippen LogP contribution < -0.4 is 5.32 Å². The zero-order valence-corrected chi connectivity index (χ0v) is 14.1. The van der Waals surface area contributed by atoms with Gasteiger partial charge in [-0.2, -0.15) is 0 Å². The number of aromatic nitrogens is 1. The van der Waals surface area contributed by atoms with Crippen molar-refractivity contribution >= 4 is 17.7 Å². The molecule has 7 nitrogen and oxygen atoms in total. The van der Waals surface area contributed by atoms with E-state index in [4.69, 9.17) is 9.26 Å². The minimum Gasteiger partial charge on any atom is -0.459 e. The molecule has 132 valence electrons. The molecule has 0 aliphatic carbocycles. The number of nitrogens with one attached hydrogen (secondary N) is 1. The maximum atomic E-state index is 12.4. The number of urea groups is 1. The molecule has 1 aromatic carbocycles. The maximum absolute atomic E-state index is 12.4. The van der Waals surface area contributed by atoms with E-state index in [0.717, 1.165) is 12.1 Å². The summed E-state index contributed by atoms with van der Waals surface area (Å²) >= 11 is 0. The monoisotopic (exact) mass is 343 g/mol. The van der Waals surface area contributed by atoms with E-state index in [9.17, 15) is 9.59 Å². The lowest BCUT2D eigenvalue weighted by Crippen LogP contribution is -2.44. The van der Waals surface area contributed by atoms with Crippen molar-refractivity contribution in [2.45, 2.75) is 26.4 Å². The highest BCUT2D eigenvalue weighted by Crippen LogP contribution is 2.20. The normalized spacial score (nSPS) is 17.2. The third kappa shape index (κ3) is 4.59. The predicted octanol–water partition coefficient (Wildman–Crippen LogP) is 2.97. The Labute approximate surface area is 145 Å². The van der Waals surface area contributed by atoms with Crippen molar-refractivity contribution < 1.29 is 18.8 Å². The van der Waals surface area contributed by atoms with Gasteiger partial charge in [-0.1, -0.05) is 23.4 Å². The van der Waals surface area contributed by atoms with Crippen LogP contribution in [0.1, 0.15) is 24.3 Å². The molecule has 0 saturated carbocycles. The highest BCUT2D eigenvalue weighted by atomic mass is 16.5. The second kappa shape index (κ2) is 7.83. The lowest BCUT2D eigenvalue weighted by Gasteiger charge is -2.31. The van der Waals surface area contributed by atoms with Crippen LogP contribution in [-0.4, -0.2) is 35.1 Å². The Balaban J connectivity index is 1.51. The van der Waals surface area contributed by atoms with Gasteiger partial charge in [0.2, 0.25) is 0 Å². The van der Waals surface area contributed by atoms with Crippen molar-refractivity contribution in [3.05, 3.63) is 47.9 Å². The molecule has 1 aliphatic rings. The number of benzene rings is 1. The number of carbonyl (C=O) groups is 2. The summed E-state index contributed by atoms with van der Waals surface area (Å²) in [6.45, 7) is 2.85. The fraction of sp³-hybridized carbons (Fsp3) is 0.389. The number of likely N-dealkylation sites (tertiary alicyclic amines) is 1. The number of nitrogens with zero attached hydrogens (tertiary/aromatic N) is 2. The highest BCUT2D eigenvalue weighted by Gasteiger charge is 2.29. The van der Waals surface area contributed by atoms with Gasteiger partial charge in [-0.05, 0) is 31.9 Å². The molecular weight excluding hydrogens is 322 g/mol. The van der Waals surface area contributed by atoms with Gasteiger partial charge in [0.05, 0.1) is 5.92 Å². The Morgan fingerprint density at radius 1 is 1.36 bits per heavy atom. The number of amides is 2. The van der Waals surface area contributed by atoms with Gasteiger partial charge in [-0.25, -0.2) is 4.79 Å². The third-order valence-corrected chi connectivity index (χ3v) is 4.11. The van der Waals surface area contributed by atoms with Gasteiger partial charge >= 0.3 is 12.0 Å². The second-order valence-electron chi connectivity index (χ2n) is 6.12. The van der Waals surface area contributed by atoms with Crippen molar-refractivity contribution in [2.75, 3.05) is 18.4 Å². The molecule has 0 radical (unpaired) electrons. The van der Waals surface area contributed by atoms with Crippen LogP contribution in [0, 0.1) is 12.8 Å². The summed E-state index contributed by atoms with van der Waals surface area (Å²) < 4.78 is 10.3. The first-order chi connectivity index (χ1) is 12.1. The van der Waals surface area contributed by atoms with Crippen LogP contribution in [0.4, 0.5) is 10.5 Å². The summed E-state index contributed by atoms with van der Waals surface area (Å²) in [4.78, 5) is 26.3. The van der Waals surface area contributed by atoms with E-state index in [2.05, 4.69) is 10.5 Å². The number of aryl methyl sites for hydroxylation is 1. The van der Waals surface area contributed by atoms with Gasteiger partial charge < -0.3 is 19.5 Å². The topological polar surface area (TPSA) is 84.7 Å². The van der Waals surface area contributed by atoms with E-state index in [-0.39, 0.29) is 24.5 Å². The molecule has 1 atom stereocenters. The number of anilines is 1. The summed E-state index contributed by atoms with van der Waals surface area (Å²) in [6.07, 6.45) is 1.48. The quantitative estimate of drug-likeness (QED) is 0.863. The Morgan fingerprint density at radius 3 is 2.88 bits per heavy atom. The highest BCUT2D eigenvalue weighted by molar-refractivity contribution is 5.89. The molecule has 1 fully saturated rings. The van der Waals surface area contributed by atoms with E-state index in [1.807, 2.05) is 30.3 Å². The third-order valence-electron chi connectivity index (χ3n) is 4.11. The van der Waals surface area contributed by atoms with Gasteiger partial charge in [0.15, 0.2) is 0 Å². The maximum Gasteiger partial charge on any atom is 0.321 e. The average molecular weight is 343 g/mol. The number of carbonyl (C=O) groups excluding carboxylic acids is 2. The van der Waals surface area contributed by atoms with E-state index in [0.29, 0.717) is 31.0 Å². The SMILES string of the molecule is Cc1cc(COC(=O)C2CCCN(C(=O)Nc3ccccc3)C2)no1. The number of esters is 1. The minimum absolute atomic E-state index is 0.0862. The minimum atomic E-state index is -0.316. The first-order valence-corrected chi connectivity index (χ1v) is 8.31. The second-order valence-corrected chi connectivity index (χ2v) is 6.12. The largest absolute Gasteiger partial charge is 0.459 e. The molecule has 1 unspecified atom stereocenters. The lowest BCUT2D eigenvalue weighted by atomic mass is 9.98. The van der Waals surface area contributed by atoms with Gasteiger partial charge in [-0.15, -0.1) is 0 Å². The van der Waals surface area contributed by atoms with Crippen LogP contribution in [0.15, 0.2) is 40.9 Å². The molecular formula is C18H21N3O4. The van der Waals surface area contributed by atoms with E-state index < -0.39 is 0 Å². The number of piperidine rings is 1. The Kier molecular flexibility index (Phi) is 5.33. The van der Waals surface area contributed by atoms with Crippen molar-refractivity contribution in [1.82, 2.24) is 10.1 Å². The number of rotatable bonds is 4. The number of ether oxygens (including phenoxy) is 1. The van der Waals surface area contributed by atoms with Crippen LogP contribution in [-0.2, 0) is 16.1 Å². The summed E-state index contributed by atoms with van der Waals surface area (Å²) in [5.41, 5.74) is 1.32. The average Bonchev–Trinajstić information content (AvgIpc) is 3.06. The van der Waals surface area contributed by atoms with E-state index in [1.165, 1.54) is 0 Å². The first kappa shape index (κ1) is 17.0. The number of hydrogen-bond donors (Lipinski definition) is 1. The Bertz CT molecular complexity index is 729. The van der Waals surface area contributed by atoms with Gasteiger partial charge in [-0.3, -0.25) is 4.79 Å². The molecule has 2 heterocycles. The van der Waals surface area contributed by atoms with Gasteiger partial charge in [0, 0.05) is 24.8 Å². The molecule has 1 N–H and O–H groups in total. The molecule has 0 spiro atoms. The molecule has 1 aromatic heterocycles. The molecule has 1 saturated heterocycles.